The van der Waals surface area contributed by atoms with Crippen LogP contribution in [-0.2, 0) is 0 Å². The Labute approximate surface area is 234 Å². The molecule has 0 bridgehead atoms. The topological polar surface area (TPSA) is 78.3 Å². The van der Waals surface area contributed by atoms with Crippen molar-refractivity contribution in [2.45, 2.75) is 38.5 Å². The van der Waals surface area contributed by atoms with Crippen molar-refractivity contribution in [1.29, 1.82) is 0 Å². The van der Waals surface area contributed by atoms with Crippen molar-refractivity contribution in [3.05, 3.63) is 109 Å². The van der Waals surface area contributed by atoms with Gasteiger partial charge in [0.1, 0.15) is 23.6 Å². The van der Waals surface area contributed by atoms with Gasteiger partial charge in [0, 0.05) is 16.8 Å². The first-order valence-corrected chi connectivity index (χ1v) is 12.9. The molecule has 1 aromatic heterocycles. The maximum atomic E-state index is 13.9. The number of anilines is 1. The SMILES string of the molecule is CC(C)(F)C(F)(F)Oc1ccc(-n2cnc(-c3ccc(NC(=O)c4cccc(OC5=CCCC=C5)c4)cc3)n2)cc1. The lowest BCUT2D eigenvalue weighted by Crippen LogP contribution is -2.43. The molecule has 0 aliphatic heterocycles. The van der Waals surface area contributed by atoms with E-state index >= 15 is 0 Å². The van der Waals surface area contributed by atoms with E-state index in [1.54, 1.807) is 48.5 Å². The van der Waals surface area contributed by atoms with E-state index in [1.165, 1.54) is 35.3 Å². The van der Waals surface area contributed by atoms with Gasteiger partial charge in [-0.15, -0.1) is 5.10 Å². The number of nitrogens with one attached hydrogen (secondary N) is 1. The number of carbonyl (C=O) groups is 1. The highest BCUT2D eigenvalue weighted by Crippen LogP contribution is 2.34. The van der Waals surface area contributed by atoms with Gasteiger partial charge in [-0.05, 0) is 106 Å². The lowest BCUT2D eigenvalue weighted by Gasteiger charge is -2.26. The molecule has 4 aromatic rings. The zero-order chi connectivity index (χ0) is 29.0. The number of amides is 1. The number of rotatable bonds is 9. The van der Waals surface area contributed by atoms with E-state index < -0.39 is 11.8 Å². The van der Waals surface area contributed by atoms with Crippen molar-refractivity contribution in [1.82, 2.24) is 14.8 Å². The van der Waals surface area contributed by atoms with Crippen LogP contribution in [0.5, 0.6) is 11.5 Å². The van der Waals surface area contributed by atoms with Crippen LogP contribution in [0.25, 0.3) is 17.1 Å². The van der Waals surface area contributed by atoms with Gasteiger partial charge in [-0.2, -0.15) is 8.78 Å². The number of halogens is 3. The summed E-state index contributed by atoms with van der Waals surface area (Å²) >= 11 is 0. The van der Waals surface area contributed by atoms with Crippen molar-refractivity contribution in [3.8, 4) is 28.6 Å². The minimum atomic E-state index is -3.98. The first kappa shape index (κ1) is 27.7. The minimum absolute atomic E-state index is 0.180. The van der Waals surface area contributed by atoms with Gasteiger partial charge in [-0.3, -0.25) is 4.79 Å². The lowest BCUT2D eigenvalue weighted by molar-refractivity contribution is -0.252. The highest BCUT2D eigenvalue weighted by Gasteiger charge is 2.50. The molecule has 1 heterocycles. The molecule has 1 N–H and O–H groups in total. The molecule has 41 heavy (non-hydrogen) atoms. The Morgan fingerprint density at radius 3 is 2.39 bits per heavy atom. The zero-order valence-corrected chi connectivity index (χ0v) is 22.4. The van der Waals surface area contributed by atoms with Crippen LogP contribution in [0.4, 0.5) is 18.9 Å². The molecular formula is C31H27F3N4O3. The van der Waals surface area contributed by atoms with E-state index in [-0.39, 0.29) is 11.7 Å². The first-order chi connectivity index (χ1) is 19.6. The van der Waals surface area contributed by atoms with Crippen LogP contribution >= 0.6 is 0 Å². The normalized spacial score (nSPS) is 13.4. The predicted molar refractivity (Wildman–Crippen MR) is 149 cm³/mol. The summed E-state index contributed by atoms with van der Waals surface area (Å²) in [6.45, 7) is 1.50. The summed E-state index contributed by atoms with van der Waals surface area (Å²) in [5.41, 5.74) is -0.539. The molecule has 210 valence electrons. The first-order valence-electron chi connectivity index (χ1n) is 12.9. The van der Waals surface area contributed by atoms with Crippen LogP contribution in [0.1, 0.15) is 37.0 Å². The van der Waals surface area contributed by atoms with Gasteiger partial charge in [0.05, 0.1) is 5.69 Å². The van der Waals surface area contributed by atoms with Gasteiger partial charge in [0.15, 0.2) is 5.82 Å². The highest BCUT2D eigenvalue weighted by atomic mass is 19.3. The number of nitrogens with zero attached hydrogens (tertiary/aromatic N) is 3. The van der Waals surface area contributed by atoms with Crippen LogP contribution in [0.3, 0.4) is 0 Å². The number of benzene rings is 3. The number of alkyl halides is 3. The van der Waals surface area contributed by atoms with Gasteiger partial charge in [-0.1, -0.05) is 12.1 Å². The largest absolute Gasteiger partial charge is 0.458 e. The van der Waals surface area contributed by atoms with E-state index in [0.29, 0.717) is 34.1 Å². The van der Waals surface area contributed by atoms with Crippen molar-refractivity contribution >= 4 is 11.6 Å². The minimum Gasteiger partial charge on any atom is -0.458 e. The third-order valence-electron chi connectivity index (χ3n) is 6.23. The monoisotopic (exact) mass is 560 g/mol. The molecule has 0 fully saturated rings. The van der Waals surface area contributed by atoms with Gasteiger partial charge in [-0.25, -0.2) is 14.1 Å². The molecule has 0 atom stereocenters. The van der Waals surface area contributed by atoms with Crippen LogP contribution in [-0.4, -0.2) is 32.4 Å². The summed E-state index contributed by atoms with van der Waals surface area (Å²) in [6.07, 6.45) is 5.39. The second kappa shape index (κ2) is 11.3. The van der Waals surface area contributed by atoms with Crippen LogP contribution < -0.4 is 14.8 Å². The summed E-state index contributed by atoms with van der Waals surface area (Å²) in [7, 11) is 0. The summed E-state index contributed by atoms with van der Waals surface area (Å²) in [4.78, 5) is 17.1. The maximum absolute atomic E-state index is 13.9. The van der Waals surface area contributed by atoms with E-state index in [0.717, 1.165) is 32.4 Å². The van der Waals surface area contributed by atoms with Crippen molar-refractivity contribution in [2.75, 3.05) is 5.32 Å². The number of allylic oxidation sites excluding steroid dienone is 3. The van der Waals surface area contributed by atoms with Crippen LogP contribution in [0.15, 0.2) is 103 Å². The quantitative estimate of drug-likeness (QED) is 0.229. The second-order valence-electron chi connectivity index (χ2n) is 9.85. The molecular weight excluding hydrogens is 533 g/mol. The zero-order valence-electron chi connectivity index (χ0n) is 22.4. The number of hydrogen-bond donors (Lipinski definition) is 1. The van der Waals surface area contributed by atoms with Gasteiger partial charge in [0.2, 0.25) is 5.67 Å². The fourth-order valence-corrected chi connectivity index (χ4v) is 3.86. The smallest absolute Gasteiger partial charge is 0.432 e. The molecule has 3 aromatic carbocycles. The Morgan fingerprint density at radius 2 is 1.71 bits per heavy atom. The molecule has 1 aliphatic rings. The van der Waals surface area contributed by atoms with Crippen molar-refractivity contribution in [2.24, 2.45) is 0 Å². The molecule has 1 amide bonds. The molecule has 10 heteroatoms. The molecule has 0 saturated carbocycles. The van der Waals surface area contributed by atoms with E-state index in [1.807, 2.05) is 18.2 Å². The third-order valence-corrected chi connectivity index (χ3v) is 6.23. The van der Waals surface area contributed by atoms with Gasteiger partial charge >= 0.3 is 6.11 Å². The van der Waals surface area contributed by atoms with E-state index in [9.17, 15) is 18.0 Å². The summed E-state index contributed by atoms with van der Waals surface area (Å²) < 4.78 is 53.3. The van der Waals surface area contributed by atoms with E-state index in [4.69, 9.17) is 4.74 Å². The lowest BCUT2D eigenvalue weighted by atomic mass is 10.1. The molecule has 7 nitrogen and oxygen atoms in total. The standard InChI is InChI=1S/C31H27F3N4O3/c1-30(2,32)31(33,34)41-26-17-15-24(16-18-26)38-20-35-28(37-38)21-11-13-23(14-12-21)36-29(39)22-7-6-10-27(19-22)40-25-8-4-3-5-9-25/h4,6-20H,3,5H2,1-2H3,(H,36,39). The Morgan fingerprint density at radius 1 is 0.951 bits per heavy atom. The summed E-state index contributed by atoms with van der Waals surface area (Å²) in [5, 5.41) is 7.31. The molecule has 0 spiro atoms. The third kappa shape index (κ3) is 6.66. The van der Waals surface area contributed by atoms with Crippen LogP contribution in [0, 0.1) is 0 Å². The fourth-order valence-electron chi connectivity index (χ4n) is 3.86. The Balaban J connectivity index is 1.21. The fraction of sp³-hybridized carbons (Fsp3) is 0.194. The molecule has 5 rings (SSSR count). The Kier molecular flexibility index (Phi) is 7.65. The molecule has 0 unspecified atom stereocenters. The molecule has 0 saturated heterocycles. The molecule has 1 aliphatic carbocycles. The van der Waals surface area contributed by atoms with E-state index in [2.05, 4.69) is 20.1 Å². The summed E-state index contributed by atoms with van der Waals surface area (Å²) in [6, 6.07) is 19.6. The van der Waals surface area contributed by atoms with Crippen molar-refractivity contribution in [3.63, 3.8) is 0 Å². The number of aromatic nitrogens is 3. The van der Waals surface area contributed by atoms with Gasteiger partial charge in [0.25, 0.3) is 5.91 Å². The van der Waals surface area contributed by atoms with Crippen molar-refractivity contribution < 1.29 is 27.4 Å². The highest BCUT2D eigenvalue weighted by molar-refractivity contribution is 6.04. The average molecular weight is 561 g/mol. The van der Waals surface area contributed by atoms with Crippen LogP contribution in [0.2, 0.25) is 0 Å². The Hall–Kier alpha value is -4.86. The number of carbonyl (C=O) groups excluding carboxylic acids is 1. The molecule has 0 radical (unpaired) electrons. The number of ether oxygens (including phenoxy) is 2. The second-order valence-corrected chi connectivity index (χ2v) is 9.85. The van der Waals surface area contributed by atoms with Gasteiger partial charge < -0.3 is 14.8 Å². The number of hydrogen-bond acceptors (Lipinski definition) is 5. The average Bonchev–Trinajstić information content (AvgIpc) is 3.44. The predicted octanol–water partition coefficient (Wildman–Crippen LogP) is 7.52. The Bertz CT molecular complexity index is 1590. The maximum Gasteiger partial charge on any atom is 0.432 e. The summed E-state index contributed by atoms with van der Waals surface area (Å²) in [5.74, 6) is 1.30.